The van der Waals surface area contributed by atoms with E-state index in [4.69, 9.17) is 4.74 Å². The zero-order chi connectivity index (χ0) is 12.3. The molecule has 1 unspecified atom stereocenters. The maximum Gasteiger partial charge on any atom is 0.320 e. The van der Waals surface area contributed by atoms with E-state index in [1.54, 1.807) is 0 Å². The minimum Gasteiger partial charge on any atom is -0.378 e. The van der Waals surface area contributed by atoms with Crippen LogP contribution in [-0.4, -0.2) is 79.8 Å². The van der Waals surface area contributed by atoms with Gasteiger partial charge in [0.15, 0.2) is 0 Å². The molecule has 0 N–H and O–H groups in total. The van der Waals surface area contributed by atoms with E-state index in [2.05, 4.69) is 18.9 Å². The fourth-order valence-electron chi connectivity index (χ4n) is 2.52. The van der Waals surface area contributed by atoms with Crippen molar-refractivity contribution < 1.29 is 9.53 Å². The Bertz CT molecular complexity index is 266. The Hall–Kier alpha value is -0.810. The monoisotopic (exact) mass is 241 g/mol. The average Bonchev–Trinajstić information content (AvgIpc) is 2.39. The smallest absolute Gasteiger partial charge is 0.320 e. The third kappa shape index (κ3) is 2.90. The summed E-state index contributed by atoms with van der Waals surface area (Å²) in [6.07, 6.45) is 1.10. The topological polar surface area (TPSA) is 36.0 Å². The maximum atomic E-state index is 12.3. The number of piperazine rings is 1. The standard InChI is InChI=1S/C12H23N3O2/c1-3-11-10-15(5-4-13(11)2)12(16)14-6-8-17-9-7-14/h11H,3-10H2,1-2H3. The number of carbonyl (C=O) groups is 1. The Kier molecular flexibility index (Phi) is 4.23. The summed E-state index contributed by atoms with van der Waals surface area (Å²) in [5.74, 6) is 0. The lowest BCUT2D eigenvalue weighted by atomic mass is 10.1. The van der Waals surface area contributed by atoms with E-state index < -0.39 is 0 Å². The van der Waals surface area contributed by atoms with Crippen LogP contribution in [0.3, 0.4) is 0 Å². The predicted molar refractivity (Wildman–Crippen MR) is 66.1 cm³/mol. The second-order valence-corrected chi connectivity index (χ2v) is 4.87. The highest BCUT2D eigenvalue weighted by Gasteiger charge is 2.29. The minimum atomic E-state index is 0.194. The molecule has 2 saturated heterocycles. The van der Waals surface area contributed by atoms with Gasteiger partial charge in [0.05, 0.1) is 13.2 Å². The van der Waals surface area contributed by atoms with E-state index >= 15 is 0 Å². The Morgan fingerprint density at radius 3 is 2.53 bits per heavy atom. The van der Waals surface area contributed by atoms with Crippen LogP contribution in [0.5, 0.6) is 0 Å². The van der Waals surface area contributed by atoms with Crippen molar-refractivity contribution in [1.82, 2.24) is 14.7 Å². The number of carbonyl (C=O) groups excluding carboxylic acids is 1. The van der Waals surface area contributed by atoms with Crippen LogP contribution < -0.4 is 0 Å². The quantitative estimate of drug-likeness (QED) is 0.669. The van der Waals surface area contributed by atoms with Crippen LogP contribution in [0.4, 0.5) is 4.79 Å². The highest BCUT2D eigenvalue weighted by molar-refractivity contribution is 5.74. The van der Waals surface area contributed by atoms with Gasteiger partial charge >= 0.3 is 6.03 Å². The summed E-state index contributed by atoms with van der Waals surface area (Å²) in [6, 6.07) is 0.702. The van der Waals surface area contributed by atoms with Crippen molar-refractivity contribution in [1.29, 1.82) is 0 Å². The van der Waals surface area contributed by atoms with Crippen LogP contribution in [-0.2, 0) is 4.74 Å². The fraction of sp³-hybridized carbons (Fsp3) is 0.917. The van der Waals surface area contributed by atoms with Gasteiger partial charge in [-0.05, 0) is 13.5 Å². The molecule has 1 atom stereocenters. The molecule has 0 radical (unpaired) electrons. The average molecular weight is 241 g/mol. The predicted octanol–water partition coefficient (Wildman–Crippen LogP) is 0.465. The number of ether oxygens (including phenoxy) is 1. The molecule has 2 amide bonds. The Morgan fingerprint density at radius 2 is 1.88 bits per heavy atom. The molecule has 2 fully saturated rings. The molecule has 2 rings (SSSR count). The Morgan fingerprint density at radius 1 is 1.18 bits per heavy atom. The Balaban J connectivity index is 1.90. The number of morpholine rings is 1. The van der Waals surface area contributed by atoms with Gasteiger partial charge < -0.3 is 14.5 Å². The van der Waals surface area contributed by atoms with Crippen molar-refractivity contribution >= 4 is 6.03 Å². The molecule has 0 aromatic rings. The zero-order valence-corrected chi connectivity index (χ0v) is 10.9. The first-order chi connectivity index (χ1) is 8.22. The van der Waals surface area contributed by atoms with Crippen molar-refractivity contribution in [3.8, 4) is 0 Å². The Labute approximate surface area is 103 Å². The largest absolute Gasteiger partial charge is 0.378 e. The van der Waals surface area contributed by atoms with Gasteiger partial charge in [-0.2, -0.15) is 0 Å². The molecule has 17 heavy (non-hydrogen) atoms. The van der Waals surface area contributed by atoms with Gasteiger partial charge in [-0.3, -0.25) is 4.90 Å². The summed E-state index contributed by atoms with van der Waals surface area (Å²) in [7, 11) is 2.14. The van der Waals surface area contributed by atoms with Gasteiger partial charge in [0.25, 0.3) is 0 Å². The highest BCUT2D eigenvalue weighted by atomic mass is 16.5. The molecule has 0 aromatic heterocycles. The second-order valence-electron chi connectivity index (χ2n) is 4.87. The number of nitrogens with zero attached hydrogens (tertiary/aromatic N) is 3. The first-order valence-corrected chi connectivity index (χ1v) is 6.54. The molecule has 2 aliphatic heterocycles. The normalized spacial score (nSPS) is 27.3. The van der Waals surface area contributed by atoms with Crippen LogP contribution in [0, 0.1) is 0 Å². The molecule has 0 saturated carbocycles. The van der Waals surface area contributed by atoms with Crippen LogP contribution in [0.15, 0.2) is 0 Å². The van der Waals surface area contributed by atoms with Crippen LogP contribution in [0.1, 0.15) is 13.3 Å². The SMILES string of the molecule is CCC1CN(C(=O)N2CCOCC2)CCN1C. The molecule has 5 heteroatoms. The third-order valence-electron chi connectivity index (χ3n) is 3.80. The van der Waals surface area contributed by atoms with E-state index in [0.717, 1.165) is 39.1 Å². The molecule has 0 aromatic carbocycles. The number of hydrogen-bond acceptors (Lipinski definition) is 3. The van der Waals surface area contributed by atoms with Crippen molar-refractivity contribution in [2.45, 2.75) is 19.4 Å². The van der Waals surface area contributed by atoms with E-state index in [1.165, 1.54) is 0 Å². The summed E-state index contributed by atoms with van der Waals surface area (Å²) in [5.41, 5.74) is 0. The highest BCUT2D eigenvalue weighted by Crippen LogP contribution is 2.13. The molecule has 5 nitrogen and oxygen atoms in total. The number of amides is 2. The lowest BCUT2D eigenvalue weighted by molar-refractivity contribution is 0.0328. The molecule has 0 aliphatic carbocycles. The van der Waals surface area contributed by atoms with Crippen LogP contribution in [0.25, 0.3) is 0 Å². The van der Waals surface area contributed by atoms with Gasteiger partial charge in [0, 0.05) is 38.8 Å². The number of hydrogen-bond donors (Lipinski definition) is 0. The third-order valence-corrected chi connectivity index (χ3v) is 3.80. The summed E-state index contributed by atoms with van der Waals surface area (Å²) in [5, 5.41) is 0. The van der Waals surface area contributed by atoms with E-state index in [9.17, 15) is 4.79 Å². The van der Waals surface area contributed by atoms with Crippen molar-refractivity contribution in [3.05, 3.63) is 0 Å². The first kappa shape index (κ1) is 12.6. The number of rotatable bonds is 1. The fourth-order valence-corrected chi connectivity index (χ4v) is 2.52. The summed E-state index contributed by atoms with van der Waals surface area (Å²) in [6.45, 7) is 7.71. The summed E-state index contributed by atoms with van der Waals surface area (Å²) in [4.78, 5) is 18.6. The van der Waals surface area contributed by atoms with Crippen molar-refractivity contribution in [2.24, 2.45) is 0 Å². The van der Waals surface area contributed by atoms with Gasteiger partial charge in [-0.25, -0.2) is 4.79 Å². The van der Waals surface area contributed by atoms with E-state index in [1.807, 2.05) is 9.80 Å². The maximum absolute atomic E-state index is 12.3. The molecular weight excluding hydrogens is 218 g/mol. The first-order valence-electron chi connectivity index (χ1n) is 6.54. The van der Waals surface area contributed by atoms with E-state index in [-0.39, 0.29) is 6.03 Å². The summed E-state index contributed by atoms with van der Waals surface area (Å²) < 4.78 is 5.28. The summed E-state index contributed by atoms with van der Waals surface area (Å²) >= 11 is 0. The van der Waals surface area contributed by atoms with Crippen LogP contribution in [0.2, 0.25) is 0 Å². The van der Waals surface area contributed by atoms with Crippen molar-refractivity contribution in [3.63, 3.8) is 0 Å². The van der Waals surface area contributed by atoms with E-state index in [0.29, 0.717) is 19.3 Å². The molecule has 2 heterocycles. The van der Waals surface area contributed by atoms with Crippen molar-refractivity contribution in [2.75, 3.05) is 53.0 Å². The van der Waals surface area contributed by atoms with Crippen LogP contribution >= 0.6 is 0 Å². The lowest BCUT2D eigenvalue weighted by Gasteiger charge is -2.41. The molecule has 0 spiro atoms. The lowest BCUT2D eigenvalue weighted by Crippen LogP contribution is -2.57. The molecule has 98 valence electrons. The van der Waals surface area contributed by atoms with Gasteiger partial charge in [0.2, 0.25) is 0 Å². The molecule has 0 bridgehead atoms. The number of likely N-dealkylation sites (N-methyl/N-ethyl adjacent to an activating group) is 1. The zero-order valence-electron chi connectivity index (χ0n) is 10.9. The van der Waals surface area contributed by atoms with Gasteiger partial charge in [-0.1, -0.05) is 6.92 Å². The van der Waals surface area contributed by atoms with Gasteiger partial charge in [-0.15, -0.1) is 0 Å². The molecule has 2 aliphatic rings. The number of urea groups is 1. The molecular formula is C12H23N3O2. The van der Waals surface area contributed by atoms with Gasteiger partial charge in [0.1, 0.15) is 0 Å². The second kappa shape index (κ2) is 5.69. The minimum absolute atomic E-state index is 0.194.